The molecule has 0 spiro atoms. The molecule has 4 rings (SSSR count). The van der Waals surface area contributed by atoms with Crippen molar-refractivity contribution < 1.29 is 18.7 Å². The van der Waals surface area contributed by atoms with Crippen LogP contribution in [0.3, 0.4) is 0 Å². The van der Waals surface area contributed by atoms with Gasteiger partial charge in [0.25, 0.3) is 5.91 Å². The highest BCUT2D eigenvalue weighted by Crippen LogP contribution is 2.34. The lowest BCUT2D eigenvalue weighted by atomic mass is 10.00. The van der Waals surface area contributed by atoms with Gasteiger partial charge in [-0.05, 0) is 77.2 Å². The predicted molar refractivity (Wildman–Crippen MR) is 150 cm³/mol. The van der Waals surface area contributed by atoms with Gasteiger partial charge in [-0.1, -0.05) is 46.2 Å². The van der Waals surface area contributed by atoms with Crippen molar-refractivity contribution in [2.75, 3.05) is 26.2 Å². The van der Waals surface area contributed by atoms with Crippen LogP contribution < -0.4 is 4.74 Å². The van der Waals surface area contributed by atoms with E-state index in [0.717, 1.165) is 24.2 Å². The van der Waals surface area contributed by atoms with Crippen molar-refractivity contribution in [3.63, 3.8) is 0 Å². The van der Waals surface area contributed by atoms with E-state index in [0.29, 0.717) is 31.2 Å². The average molecular weight is 537 g/mol. The molecule has 7 heteroatoms. The molecule has 0 saturated heterocycles. The van der Waals surface area contributed by atoms with Crippen molar-refractivity contribution >= 4 is 23.2 Å². The van der Waals surface area contributed by atoms with E-state index in [1.165, 1.54) is 34.7 Å². The molecular formula is C31H37FN2O3S. The van der Waals surface area contributed by atoms with Gasteiger partial charge in [-0.3, -0.25) is 9.59 Å². The Hall–Kier alpha value is -3.19. The standard InChI is InChI=1S/C31H37FN2O3S/c1-5-22(4)18-33(31(36)24-6-10-25(32)11-7-24)19-30(35)34-16-14-29-27(15-17-38-29)28(34)20-37-26-12-8-23(9-13-26)21(2)3/h6-13,15,17,21-22,28H,5,14,16,18-20H2,1-4H3/t22-,28+/m0/s1. The second-order valence-corrected chi connectivity index (χ2v) is 11.4. The summed E-state index contributed by atoms with van der Waals surface area (Å²) in [4.78, 5) is 31.9. The highest BCUT2D eigenvalue weighted by molar-refractivity contribution is 7.10. The number of ether oxygens (including phenoxy) is 1. The van der Waals surface area contributed by atoms with Gasteiger partial charge in [0.05, 0.1) is 6.04 Å². The maximum Gasteiger partial charge on any atom is 0.254 e. The first-order chi connectivity index (χ1) is 18.3. The van der Waals surface area contributed by atoms with Crippen LogP contribution in [0.4, 0.5) is 4.39 Å². The fourth-order valence-electron chi connectivity index (χ4n) is 4.75. The molecular weight excluding hydrogens is 499 g/mol. The number of nitrogens with zero attached hydrogens (tertiary/aromatic N) is 2. The Balaban J connectivity index is 1.52. The third kappa shape index (κ3) is 6.62. The molecule has 0 fully saturated rings. The van der Waals surface area contributed by atoms with Crippen LogP contribution >= 0.6 is 11.3 Å². The molecule has 2 atom stereocenters. The molecule has 2 aromatic carbocycles. The molecule has 2 amide bonds. The van der Waals surface area contributed by atoms with E-state index in [9.17, 15) is 14.0 Å². The van der Waals surface area contributed by atoms with Crippen molar-refractivity contribution in [2.24, 2.45) is 5.92 Å². The Morgan fingerprint density at radius 2 is 1.79 bits per heavy atom. The van der Waals surface area contributed by atoms with Crippen LogP contribution in [-0.2, 0) is 11.2 Å². The van der Waals surface area contributed by atoms with E-state index in [-0.39, 0.29) is 30.3 Å². The number of carbonyl (C=O) groups is 2. The van der Waals surface area contributed by atoms with Gasteiger partial charge in [-0.15, -0.1) is 11.3 Å². The first kappa shape index (κ1) is 27.8. The maximum atomic E-state index is 13.8. The van der Waals surface area contributed by atoms with Crippen molar-refractivity contribution in [1.29, 1.82) is 0 Å². The van der Waals surface area contributed by atoms with Crippen molar-refractivity contribution in [2.45, 2.75) is 52.5 Å². The van der Waals surface area contributed by atoms with Crippen molar-refractivity contribution in [3.05, 3.63) is 87.4 Å². The number of carbonyl (C=O) groups excluding carboxylic acids is 2. The lowest BCUT2D eigenvalue weighted by molar-refractivity contribution is -0.135. The van der Waals surface area contributed by atoms with E-state index in [2.05, 4.69) is 51.3 Å². The number of fused-ring (bicyclic) bond motifs is 1. The zero-order valence-corrected chi connectivity index (χ0v) is 23.5. The molecule has 0 radical (unpaired) electrons. The second-order valence-electron chi connectivity index (χ2n) is 10.4. The number of halogens is 1. The van der Waals surface area contributed by atoms with Crippen LogP contribution in [-0.4, -0.2) is 47.9 Å². The summed E-state index contributed by atoms with van der Waals surface area (Å²) >= 11 is 1.71. The first-order valence-corrected chi connectivity index (χ1v) is 14.3. The fraction of sp³-hybridized carbons (Fsp3) is 0.419. The Morgan fingerprint density at radius 3 is 2.45 bits per heavy atom. The third-order valence-corrected chi connectivity index (χ3v) is 8.30. The Kier molecular flexibility index (Phi) is 9.21. The van der Waals surface area contributed by atoms with E-state index in [1.807, 2.05) is 17.0 Å². The molecule has 38 heavy (non-hydrogen) atoms. The molecule has 0 saturated carbocycles. The van der Waals surface area contributed by atoms with Gasteiger partial charge in [-0.25, -0.2) is 4.39 Å². The molecule has 1 aliphatic rings. The topological polar surface area (TPSA) is 49.9 Å². The Labute approximate surface area is 229 Å². The Bertz CT molecular complexity index is 1220. The monoisotopic (exact) mass is 536 g/mol. The molecule has 1 aromatic heterocycles. The van der Waals surface area contributed by atoms with Gasteiger partial charge < -0.3 is 14.5 Å². The summed E-state index contributed by atoms with van der Waals surface area (Å²) < 4.78 is 19.7. The summed E-state index contributed by atoms with van der Waals surface area (Å²) in [6, 6.07) is 15.5. The molecule has 0 N–H and O–H groups in total. The number of benzene rings is 2. The minimum Gasteiger partial charge on any atom is -0.491 e. The van der Waals surface area contributed by atoms with Crippen molar-refractivity contribution in [3.8, 4) is 5.75 Å². The largest absolute Gasteiger partial charge is 0.491 e. The second kappa shape index (κ2) is 12.6. The zero-order chi connectivity index (χ0) is 27.2. The van der Waals surface area contributed by atoms with Gasteiger partial charge in [0.1, 0.15) is 24.7 Å². The average Bonchev–Trinajstić information content (AvgIpc) is 3.40. The number of hydrogen-bond acceptors (Lipinski definition) is 4. The first-order valence-electron chi connectivity index (χ1n) is 13.4. The van der Waals surface area contributed by atoms with E-state index < -0.39 is 5.82 Å². The molecule has 0 aliphatic carbocycles. The van der Waals surface area contributed by atoms with Crippen LogP contribution in [0.15, 0.2) is 60.0 Å². The molecule has 202 valence electrons. The van der Waals surface area contributed by atoms with Gasteiger partial charge in [0, 0.05) is 23.5 Å². The minimum atomic E-state index is -0.396. The summed E-state index contributed by atoms with van der Waals surface area (Å²) in [7, 11) is 0. The fourth-order valence-corrected chi connectivity index (χ4v) is 5.68. The molecule has 3 aromatic rings. The smallest absolute Gasteiger partial charge is 0.254 e. The Morgan fingerprint density at radius 1 is 1.08 bits per heavy atom. The van der Waals surface area contributed by atoms with Crippen LogP contribution in [0.2, 0.25) is 0 Å². The number of amides is 2. The number of thiophene rings is 1. The summed E-state index contributed by atoms with van der Waals surface area (Å²) in [5, 5.41) is 2.07. The summed E-state index contributed by atoms with van der Waals surface area (Å²) in [6.45, 7) is 9.79. The van der Waals surface area contributed by atoms with Crippen LogP contribution in [0.25, 0.3) is 0 Å². The molecule has 5 nitrogen and oxygen atoms in total. The summed E-state index contributed by atoms with van der Waals surface area (Å²) in [6.07, 6.45) is 1.67. The summed E-state index contributed by atoms with van der Waals surface area (Å²) in [5.74, 6) is 0.681. The SMILES string of the molecule is CC[C@H](C)CN(CC(=O)N1CCc2sccc2[C@H]1COc1ccc(C(C)C)cc1)C(=O)c1ccc(F)cc1. The molecule has 0 unspecified atom stereocenters. The maximum absolute atomic E-state index is 13.8. The third-order valence-electron chi connectivity index (χ3n) is 7.30. The van der Waals surface area contributed by atoms with Gasteiger partial charge in [0.15, 0.2) is 0 Å². The van der Waals surface area contributed by atoms with Crippen LogP contribution in [0.5, 0.6) is 5.75 Å². The highest BCUT2D eigenvalue weighted by Gasteiger charge is 2.34. The number of rotatable bonds is 10. The van der Waals surface area contributed by atoms with E-state index in [4.69, 9.17) is 4.74 Å². The minimum absolute atomic E-state index is 0.0282. The molecule has 2 heterocycles. The normalized spacial score (nSPS) is 15.7. The summed E-state index contributed by atoms with van der Waals surface area (Å²) in [5.41, 5.74) is 2.75. The van der Waals surface area contributed by atoms with Gasteiger partial charge in [0.2, 0.25) is 5.91 Å². The lowest BCUT2D eigenvalue weighted by Crippen LogP contribution is -2.48. The van der Waals surface area contributed by atoms with E-state index in [1.54, 1.807) is 16.2 Å². The molecule has 0 bridgehead atoms. The lowest BCUT2D eigenvalue weighted by Gasteiger charge is -2.37. The highest BCUT2D eigenvalue weighted by atomic mass is 32.1. The van der Waals surface area contributed by atoms with Crippen LogP contribution in [0.1, 0.15) is 72.4 Å². The molecule has 1 aliphatic heterocycles. The van der Waals surface area contributed by atoms with Gasteiger partial charge in [-0.2, -0.15) is 0 Å². The van der Waals surface area contributed by atoms with Crippen molar-refractivity contribution in [1.82, 2.24) is 9.80 Å². The quantitative estimate of drug-likeness (QED) is 0.290. The number of hydrogen-bond donors (Lipinski definition) is 0. The van der Waals surface area contributed by atoms with Crippen LogP contribution in [0, 0.1) is 11.7 Å². The predicted octanol–water partition coefficient (Wildman–Crippen LogP) is 6.70. The zero-order valence-electron chi connectivity index (χ0n) is 22.7. The van der Waals surface area contributed by atoms with E-state index >= 15 is 0 Å². The van der Waals surface area contributed by atoms with Gasteiger partial charge >= 0.3 is 0 Å².